The Balaban J connectivity index is 2.02. The molecule has 0 fully saturated rings. The summed E-state index contributed by atoms with van der Waals surface area (Å²) in [4.78, 5) is 18.1. The van der Waals surface area contributed by atoms with Gasteiger partial charge in [0.15, 0.2) is 0 Å². The van der Waals surface area contributed by atoms with Gasteiger partial charge >= 0.3 is 0 Å². The van der Waals surface area contributed by atoms with E-state index in [2.05, 4.69) is 10.3 Å². The van der Waals surface area contributed by atoms with Crippen LogP contribution in [0.15, 0.2) is 48.8 Å². The van der Waals surface area contributed by atoms with Gasteiger partial charge in [-0.15, -0.1) is 0 Å². The first-order valence-corrected chi connectivity index (χ1v) is 7.82. The largest absolute Gasteiger partial charge is 0.490 e. The smallest absolute Gasteiger partial charge is 0.248 e. The number of carbonyl (C=O) groups excluding carboxylic acids is 1. The molecule has 1 N–H and O–H groups in total. The molecule has 126 valence electrons. The zero-order valence-electron chi connectivity index (χ0n) is 14.3. The van der Waals surface area contributed by atoms with Crippen molar-refractivity contribution in [1.82, 2.24) is 9.88 Å². The number of amides is 1. The number of hydrogen-bond donors (Lipinski definition) is 1. The third-order valence-electron chi connectivity index (χ3n) is 3.32. The summed E-state index contributed by atoms with van der Waals surface area (Å²) in [6.45, 7) is 3.36. The molecule has 2 rings (SSSR count). The highest BCUT2D eigenvalue weighted by atomic mass is 16.5. The van der Waals surface area contributed by atoms with Crippen LogP contribution >= 0.6 is 0 Å². The van der Waals surface area contributed by atoms with Gasteiger partial charge in [-0.3, -0.25) is 9.78 Å². The highest BCUT2D eigenvalue weighted by Gasteiger charge is 2.07. The van der Waals surface area contributed by atoms with Gasteiger partial charge in [-0.2, -0.15) is 0 Å². The minimum absolute atomic E-state index is 0.201. The van der Waals surface area contributed by atoms with Gasteiger partial charge in [-0.1, -0.05) is 6.07 Å². The van der Waals surface area contributed by atoms with Gasteiger partial charge in [-0.05, 0) is 62.5 Å². The molecule has 0 bridgehead atoms. The predicted molar refractivity (Wildman–Crippen MR) is 97.1 cm³/mol. The highest BCUT2D eigenvalue weighted by molar-refractivity contribution is 6.02. The molecule has 1 aromatic heterocycles. The van der Waals surface area contributed by atoms with Crippen LogP contribution in [-0.2, 0) is 4.79 Å². The molecule has 0 unspecified atom stereocenters. The fraction of sp³-hybridized carbons (Fsp3) is 0.263. The average Bonchev–Trinajstić information content (AvgIpc) is 2.56. The van der Waals surface area contributed by atoms with Gasteiger partial charge in [0, 0.05) is 25.0 Å². The SMILES string of the molecule is Cc1ccc(NC(=O)/C=C\c2ccncc2)c(OCCN(C)C)c1. The molecule has 1 heterocycles. The van der Waals surface area contributed by atoms with E-state index in [1.807, 2.05) is 56.3 Å². The molecule has 0 aliphatic carbocycles. The standard InChI is InChI=1S/C19H23N3O2/c1-15-4-6-17(18(14-15)24-13-12-22(2)3)21-19(23)7-5-16-8-10-20-11-9-16/h4-11,14H,12-13H2,1-3H3,(H,21,23)/b7-5-. The Morgan fingerprint density at radius 2 is 2.00 bits per heavy atom. The molecule has 5 heteroatoms. The molecule has 0 spiro atoms. The molecule has 0 atom stereocenters. The van der Waals surface area contributed by atoms with Crippen molar-refractivity contribution in [2.45, 2.75) is 6.92 Å². The van der Waals surface area contributed by atoms with E-state index in [4.69, 9.17) is 4.74 Å². The van der Waals surface area contributed by atoms with Crippen molar-refractivity contribution in [3.8, 4) is 5.75 Å². The molecule has 1 aromatic carbocycles. The number of nitrogens with one attached hydrogen (secondary N) is 1. The number of aromatic nitrogens is 1. The van der Waals surface area contributed by atoms with E-state index >= 15 is 0 Å². The van der Waals surface area contributed by atoms with Crippen molar-refractivity contribution in [2.24, 2.45) is 0 Å². The highest BCUT2D eigenvalue weighted by Crippen LogP contribution is 2.25. The molecule has 0 saturated heterocycles. The monoisotopic (exact) mass is 325 g/mol. The number of carbonyl (C=O) groups is 1. The van der Waals surface area contributed by atoms with Gasteiger partial charge in [0.2, 0.25) is 5.91 Å². The topological polar surface area (TPSA) is 54.5 Å². The lowest BCUT2D eigenvalue weighted by Crippen LogP contribution is -2.20. The summed E-state index contributed by atoms with van der Waals surface area (Å²) in [5.41, 5.74) is 2.68. The van der Waals surface area contributed by atoms with Gasteiger partial charge in [0.1, 0.15) is 12.4 Å². The second kappa shape index (κ2) is 8.84. The Morgan fingerprint density at radius 3 is 2.71 bits per heavy atom. The van der Waals surface area contributed by atoms with Crippen molar-refractivity contribution in [3.63, 3.8) is 0 Å². The summed E-state index contributed by atoms with van der Waals surface area (Å²) in [5, 5.41) is 2.87. The second-order valence-electron chi connectivity index (χ2n) is 5.75. The van der Waals surface area contributed by atoms with Crippen molar-refractivity contribution in [3.05, 3.63) is 59.9 Å². The van der Waals surface area contributed by atoms with Crippen LogP contribution in [0, 0.1) is 6.92 Å². The van der Waals surface area contributed by atoms with Crippen LogP contribution in [0.5, 0.6) is 5.75 Å². The number of anilines is 1. The van der Waals surface area contributed by atoms with Crippen LogP contribution in [0.25, 0.3) is 6.08 Å². The molecule has 0 aliphatic rings. The van der Waals surface area contributed by atoms with Gasteiger partial charge in [-0.25, -0.2) is 0 Å². The molecule has 0 saturated carbocycles. The van der Waals surface area contributed by atoms with Gasteiger partial charge < -0.3 is 15.0 Å². The third-order valence-corrected chi connectivity index (χ3v) is 3.32. The lowest BCUT2D eigenvalue weighted by molar-refractivity contribution is -0.111. The Kier molecular flexibility index (Phi) is 6.51. The van der Waals surface area contributed by atoms with Crippen LogP contribution in [0.3, 0.4) is 0 Å². The lowest BCUT2D eigenvalue weighted by atomic mass is 10.2. The second-order valence-corrected chi connectivity index (χ2v) is 5.75. The zero-order chi connectivity index (χ0) is 17.4. The maximum absolute atomic E-state index is 12.1. The average molecular weight is 325 g/mol. The van der Waals surface area contributed by atoms with Crippen molar-refractivity contribution in [2.75, 3.05) is 32.6 Å². The fourth-order valence-corrected chi connectivity index (χ4v) is 2.01. The van der Waals surface area contributed by atoms with Crippen LogP contribution in [-0.4, -0.2) is 43.0 Å². The Morgan fingerprint density at radius 1 is 1.25 bits per heavy atom. The number of pyridine rings is 1. The Hall–Kier alpha value is -2.66. The summed E-state index contributed by atoms with van der Waals surface area (Å²) in [7, 11) is 3.98. The zero-order valence-corrected chi connectivity index (χ0v) is 14.3. The Bertz CT molecular complexity index is 697. The van der Waals surface area contributed by atoms with Gasteiger partial charge in [0.25, 0.3) is 0 Å². The predicted octanol–water partition coefficient (Wildman–Crippen LogP) is 2.98. The van der Waals surface area contributed by atoms with Crippen molar-refractivity contribution < 1.29 is 9.53 Å². The van der Waals surface area contributed by atoms with E-state index in [1.165, 1.54) is 6.08 Å². The summed E-state index contributed by atoms with van der Waals surface area (Å²) in [6.07, 6.45) is 6.62. The van der Waals surface area contributed by atoms with Crippen LogP contribution in [0.4, 0.5) is 5.69 Å². The van der Waals surface area contributed by atoms with E-state index in [0.717, 1.165) is 17.7 Å². The number of ether oxygens (including phenoxy) is 1. The number of likely N-dealkylation sites (N-methyl/N-ethyl adjacent to an activating group) is 1. The van der Waals surface area contributed by atoms with Gasteiger partial charge in [0.05, 0.1) is 5.69 Å². The first-order chi connectivity index (χ1) is 11.5. The van der Waals surface area contributed by atoms with Crippen LogP contribution in [0.1, 0.15) is 11.1 Å². The summed E-state index contributed by atoms with van der Waals surface area (Å²) >= 11 is 0. The number of benzene rings is 1. The van der Waals surface area contributed by atoms with E-state index in [0.29, 0.717) is 18.0 Å². The first-order valence-electron chi connectivity index (χ1n) is 7.82. The van der Waals surface area contributed by atoms with Crippen LogP contribution in [0.2, 0.25) is 0 Å². The van der Waals surface area contributed by atoms with E-state index in [1.54, 1.807) is 18.5 Å². The fourth-order valence-electron chi connectivity index (χ4n) is 2.01. The van der Waals surface area contributed by atoms with E-state index < -0.39 is 0 Å². The lowest BCUT2D eigenvalue weighted by Gasteiger charge is -2.15. The minimum Gasteiger partial charge on any atom is -0.490 e. The molecule has 5 nitrogen and oxygen atoms in total. The molecular weight excluding hydrogens is 302 g/mol. The Labute approximate surface area is 143 Å². The molecular formula is C19H23N3O2. The quantitative estimate of drug-likeness (QED) is 0.795. The minimum atomic E-state index is -0.201. The molecule has 1 amide bonds. The van der Waals surface area contributed by atoms with E-state index in [-0.39, 0.29) is 5.91 Å². The molecule has 0 radical (unpaired) electrons. The number of rotatable bonds is 7. The van der Waals surface area contributed by atoms with Crippen molar-refractivity contribution in [1.29, 1.82) is 0 Å². The number of nitrogens with zero attached hydrogens (tertiary/aromatic N) is 2. The molecule has 24 heavy (non-hydrogen) atoms. The number of aryl methyl sites for hydroxylation is 1. The maximum atomic E-state index is 12.1. The summed E-state index contributed by atoms with van der Waals surface area (Å²) in [6, 6.07) is 9.41. The summed E-state index contributed by atoms with van der Waals surface area (Å²) in [5.74, 6) is 0.482. The van der Waals surface area contributed by atoms with Crippen LogP contribution < -0.4 is 10.1 Å². The van der Waals surface area contributed by atoms with Crippen molar-refractivity contribution >= 4 is 17.7 Å². The first kappa shape index (κ1) is 17.7. The molecule has 2 aromatic rings. The maximum Gasteiger partial charge on any atom is 0.248 e. The van der Waals surface area contributed by atoms with E-state index in [9.17, 15) is 4.79 Å². The summed E-state index contributed by atoms with van der Waals surface area (Å²) < 4.78 is 5.80. The number of hydrogen-bond acceptors (Lipinski definition) is 4. The normalized spacial score (nSPS) is 11.0. The third kappa shape index (κ3) is 5.85. The molecule has 0 aliphatic heterocycles.